The van der Waals surface area contributed by atoms with Crippen LogP contribution >= 0.6 is 0 Å². The molecule has 0 aliphatic heterocycles. The molecule has 13 heavy (non-hydrogen) atoms. The molecule has 0 spiro atoms. The van der Waals surface area contributed by atoms with Crippen molar-refractivity contribution in [2.75, 3.05) is 0 Å². The standard InChI is InChI=1S/C12H22O/c1-9-5-4-6-10(2)12(9)8-7-11(3)13/h9-10,12H,4-8H2,1-3H3. The van der Waals surface area contributed by atoms with Crippen molar-refractivity contribution < 1.29 is 4.79 Å². The van der Waals surface area contributed by atoms with Crippen molar-refractivity contribution in [3.05, 3.63) is 0 Å². The molecule has 2 unspecified atom stereocenters. The van der Waals surface area contributed by atoms with Crippen LogP contribution in [0.15, 0.2) is 0 Å². The Hall–Kier alpha value is -0.330. The van der Waals surface area contributed by atoms with Gasteiger partial charge in [-0.3, -0.25) is 0 Å². The van der Waals surface area contributed by atoms with Gasteiger partial charge in [-0.1, -0.05) is 33.1 Å². The Bertz CT molecular complexity index is 164. The summed E-state index contributed by atoms with van der Waals surface area (Å²) in [6, 6.07) is 0. The highest BCUT2D eigenvalue weighted by atomic mass is 16.1. The highest BCUT2D eigenvalue weighted by Gasteiger charge is 2.27. The summed E-state index contributed by atoms with van der Waals surface area (Å²) < 4.78 is 0. The van der Waals surface area contributed by atoms with E-state index in [2.05, 4.69) is 13.8 Å². The molecular weight excluding hydrogens is 160 g/mol. The molecule has 1 saturated carbocycles. The van der Waals surface area contributed by atoms with Gasteiger partial charge in [-0.15, -0.1) is 0 Å². The monoisotopic (exact) mass is 182 g/mol. The zero-order valence-corrected chi connectivity index (χ0v) is 9.18. The van der Waals surface area contributed by atoms with Crippen LogP contribution in [0.2, 0.25) is 0 Å². The highest BCUT2D eigenvalue weighted by molar-refractivity contribution is 5.75. The minimum Gasteiger partial charge on any atom is -0.300 e. The molecule has 0 N–H and O–H groups in total. The summed E-state index contributed by atoms with van der Waals surface area (Å²) in [5, 5.41) is 0. The average molecular weight is 182 g/mol. The smallest absolute Gasteiger partial charge is 0.129 e. The van der Waals surface area contributed by atoms with E-state index in [0.717, 1.165) is 30.6 Å². The number of carbonyl (C=O) groups is 1. The summed E-state index contributed by atoms with van der Waals surface area (Å²) in [5.41, 5.74) is 0. The van der Waals surface area contributed by atoms with Gasteiger partial charge in [0.25, 0.3) is 0 Å². The summed E-state index contributed by atoms with van der Waals surface area (Å²) in [7, 11) is 0. The Labute approximate surface area is 81.9 Å². The molecule has 1 aliphatic rings. The fourth-order valence-electron chi connectivity index (χ4n) is 2.69. The SMILES string of the molecule is CC(=O)CCC1C(C)CCCC1C. The molecule has 0 aromatic rings. The van der Waals surface area contributed by atoms with Crippen LogP contribution in [-0.4, -0.2) is 5.78 Å². The molecule has 0 radical (unpaired) electrons. The summed E-state index contributed by atoms with van der Waals surface area (Å²) in [6.45, 7) is 6.40. The van der Waals surface area contributed by atoms with Crippen LogP contribution in [0.5, 0.6) is 0 Å². The van der Waals surface area contributed by atoms with Crippen LogP contribution in [0.25, 0.3) is 0 Å². The zero-order chi connectivity index (χ0) is 9.84. The van der Waals surface area contributed by atoms with E-state index in [4.69, 9.17) is 0 Å². The third-order valence-corrected chi connectivity index (χ3v) is 3.61. The second-order valence-corrected chi connectivity index (χ2v) is 4.79. The molecule has 0 saturated heterocycles. The third-order valence-electron chi connectivity index (χ3n) is 3.61. The van der Waals surface area contributed by atoms with E-state index < -0.39 is 0 Å². The number of ketones is 1. The van der Waals surface area contributed by atoms with Gasteiger partial charge >= 0.3 is 0 Å². The fraction of sp³-hybridized carbons (Fsp3) is 0.917. The van der Waals surface area contributed by atoms with E-state index in [-0.39, 0.29) is 0 Å². The van der Waals surface area contributed by atoms with Gasteiger partial charge in [0.2, 0.25) is 0 Å². The lowest BCUT2D eigenvalue weighted by Gasteiger charge is -2.34. The Morgan fingerprint density at radius 3 is 2.23 bits per heavy atom. The zero-order valence-electron chi connectivity index (χ0n) is 9.18. The first-order valence-electron chi connectivity index (χ1n) is 5.60. The summed E-state index contributed by atoms with van der Waals surface area (Å²) in [6.07, 6.45) is 6.04. The van der Waals surface area contributed by atoms with Crippen molar-refractivity contribution in [1.29, 1.82) is 0 Å². The second kappa shape index (κ2) is 4.78. The first-order valence-corrected chi connectivity index (χ1v) is 5.60. The number of hydrogen-bond acceptors (Lipinski definition) is 1. The minimum atomic E-state index is 0.352. The molecule has 0 amide bonds. The van der Waals surface area contributed by atoms with Gasteiger partial charge in [0.1, 0.15) is 5.78 Å². The van der Waals surface area contributed by atoms with Gasteiger partial charge in [-0.2, -0.15) is 0 Å². The Morgan fingerprint density at radius 1 is 1.23 bits per heavy atom. The third kappa shape index (κ3) is 3.13. The van der Waals surface area contributed by atoms with E-state index >= 15 is 0 Å². The fourth-order valence-corrected chi connectivity index (χ4v) is 2.69. The minimum absolute atomic E-state index is 0.352. The van der Waals surface area contributed by atoms with Crippen LogP contribution in [0.4, 0.5) is 0 Å². The van der Waals surface area contributed by atoms with Crippen LogP contribution in [0.3, 0.4) is 0 Å². The number of hydrogen-bond donors (Lipinski definition) is 0. The van der Waals surface area contributed by atoms with Crippen LogP contribution in [0.1, 0.15) is 52.9 Å². The van der Waals surface area contributed by atoms with Gasteiger partial charge in [-0.25, -0.2) is 0 Å². The summed E-state index contributed by atoms with van der Waals surface area (Å²) in [4.78, 5) is 10.9. The van der Waals surface area contributed by atoms with Crippen molar-refractivity contribution in [3.8, 4) is 0 Å². The molecule has 76 valence electrons. The molecule has 1 rings (SSSR count). The normalized spacial score (nSPS) is 34.5. The maximum Gasteiger partial charge on any atom is 0.129 e. The molecule has 0 heterocycles. The van der Waals surface area contributed by atoms with E-state index in [1.807, 2.05) is 0 Å². The molecule has 1 nitrogen and oxygen atoms in total. The second-order valence-electron chi connectivity index (χ2n) is 4.79. The topological polar surface area (TPSA) is 17.1 Å². The molecule has 0 aromatic carbocycles. The van der Waals surface area contributed by atoms with Crippen LogP contribution in [0, 0.1) is 17.8 Å². The van der Waals surface area contributed by atoms with Crippen LogP contribution in [-0.2, 0) is 4.79 Å². The van der Waals surface area contributed by atoms with E-state index in [9.17, 15) is 4.79 Å². The maximum atomic E-state index is 10.9. The van der Waals surface area contributed by atoms with E-state index in [1.54, 1.807) is 6.92 Å². The lowest BCUT2D eigenvalue weighted by atomic mass is 9.71. The predicted molar refractivity (Wildman–Crippen MR) is 55.6 cm³/mol. The molecule has 1 heteroatoms. The molecule has 0 bridgehead atoms. The van der Waals surface area contributed by atoms with Gasteiger partial charge in [0, 0.05) is 6.42 Å². The number of rotatable bonds is 3. The quantitative estimate of drug-likeness (QED) is 0.653. The van der Waals surface area contributed by atoms with Crippen molar-refractivity contribution in [2.24, 2.45) is 17.8 Å². The van der Waals surface area contributed by atoms with E-state index in [1.165, 1.54) is 19.3 Å². The predicted octanol–water partition coefficient (Wildman–Crippen LogP) is 3.43. The molecule has 1 aliphatic carbocycles. The molecule has 0 aromatic heterocycles. The Morgan fingerprint density at radius 2 is 1.77 bits per heavy atom. The summed E-state index contributed by atoms with van der Waals surface area (Å²) >= 11 is 0. The van der Waals surface area contributed by atoms with Crippen molar-refractivity contribution in [3.63, 3.8) is 0 Å². The number of carbonyl (C=O) groups excluding carboxylic acids is 1. The van der Waals surface area contributed by atoms with Gasteiger partial charge in [0.15, 0.2) is 0 Å². The van der Waals surface area contributed by atoms with Gasteiger partial charge in [0.05, 0.1) is 0 Å². The lowest BCUT2D eigenvalue weighted by molar-refractivity contribution is -0.117. The summed E-state index contributed by atoms with van der Waals surface area (Å²) in [5.74, 6) is 2.83. The Balaban J connectivity index is 2.39. The van der Waals surface area contributed by atoms with Gasteiger partial charge < -0.3 is 4.79 Å². The Kier molecular flexibility index (Phi) is 3.95. The van der Waals surface area contributed by atoms with Crippen LogP contribution < -0.4 is 0 Å². The first-order chi connectivity index (χ1) is 6.11. The van der Waals surface area contributed by atoms with Gasteiger partial charge in [-0.05, 0) is 31.1 Å². The van der Waals surface area contributed by atoms with Crippen molar-refractivity contribution in [2.45, 2.75) is 52.9 Å². The van der Waals surface area contributed by atoms with E-state index in [0.29, 0.717) is 5.78 Å². The molecule has 2 atom stereocenters. The average Bonchev–Trinajstić information content (AvgIpc) is 2.03. The maximum absolute atomic E-state index is 10.9. The highest BCUT2D eigenvalue weighted by Crippen LogP contribution is 2.37. The first kappa shape index (κ1) is 10.7. The largest absolute Gasteiger partial charge is 0.300 e. The number of Topliss-reactive ketones (excluding diaryl/α,β-unsaturated/α-hetero) is 1. The molecular formula is C12H22O. The van der Waals surface area contributed by atoms with Crippen molar-refractivity contribution >= 4 is 5.78 Å². The lowest BCUT2D eigenvalue weighted by Crippen LogP contribution is -2.25. The van der Waals surface area contributed by atoms with Crippen molar-refractivity contribution in [1.82, 2.24) is 0 Å². The molecule has 1 fully saturated rings.